The quantitative estimate of drug-likeness (QED) is 0.941. The second-order valence-electron chi connectivity index (χ2n) is 4.98. The Balaban J connectivity index is 2.25. The molecule has 4 nitrogen and oxygen atoms in total. The SMILES string of the molecule is Cc1cc(C)c(/C=C/S(=O)(=O)Nc2ccccn2)c(C)c1. The molecule has 21 heavy (non-hydrogen) atoms. The van der Waals surface area contributed by atoms with E-state index in [9.17, 15) is 8.42 Å². The zero-order valence-electron chi connectivity index (χ0n) is 12.3. The second kappa shape index (κ2) is 6.10. The van der Waals surface area contributed by atoms with Crippen LogP contribution >= 0.6 is 0 Å². The number of benzene rings is 1. The van der Waals surface area contributed by atoms with Crippen molar-refractivity contribution in [3.63, 3.8) is 0 Å². The van der Waals surface area contributed by atoms with Crippen LogP contribution in [0.15, 0.2) is 41.9 Å². The minimum Gasteiger partial charge on any atom is -0.264 e. The minimum absolute atomic E-state index is 0.305. The molecule has 0 bridgehead atoms. The van der Waals surface area contributed by atoms with Crippen LogP contribution in [-0.4, -0.2) is 13.4 Å². The normalized spacial score (nSPS) is 11.8. The average molecular weight is 302 g/mol. The van der Waals surface area contributed by atoms with Gasteiger partial charge in [-0.2, -0.15) is 0 Å². The van der Waals surface area contributed by atoms with E-state index in [1.807, 2.05) is 32.9 Å². The van der Waals surface area contributed by atoms with Crippen molar-refractivity contribution in [1.29, 1.82) is 0 Å². The van der Waals surface area contributed by atoms with Gasteiger partial charge < -0.3 is 0 Å². The average Bonchev–Trinajstić information content (AvgIpc) is 2.37. The van der Waals surface area contributed by atoms with Crippen molar-refractivity contribution in [2.24, 2.45) is 0 Å². The summed E-state index contributed by atoms with van der Waals surface area (Å²) in [6.07, 6.45) is 3.16. The molecule has 0 saturated carbocycles. The van der Waals surface area contributed by atoms with Gasteiger partial charge >= 0.3 is 0 Å². The molecule has 0 saturated heterocycles. The summed E-state index contributed by atoms with van der Waals surface area (Å²) in [6, 6.07) is 9.13. The molecule has 0 fully saturated rings. The molecular formula is C16H18N2O2S. The van der Waals surface area contributed by atoms with Crippen LogP contribution in [0.25, 0.3) is 6.08 Å². The number of hydrogen-bond donors (Lipinski definition) is 1. The van der Waals surface area contributed by atoms with Gasteiger partial charge in [0.2, 0.25) is 0 Å². The van der Waals surface area contributed by atoms with Crippen LogP contribution in [0.2, 0.25) is 0 Å². The number of nitrogens with zero attached hydrogens (tertiary/aromatic N) is 1. The number of sulfonamides is 1. The summed E-state index contributed by atoms with van der Waals surface area (Å²) in [5, 5.41) is 1.17. The summed E-state index contributed by atoms with van der Waals surface area (Å²) in [6.45, 7) is 5.96. The number of anilines is 1. The molecule has 1 aromatic heterocycles. The number of hydrogen-bond acceptors (Lipinski definition) is 3. The van der Waals surface area contributed by atoms with Gasteiger partial charge in [0.1, 0.15) is 5.82 Å². The van der Waals surface area contributed by atoms with Crippen molar-refractivity contribution in [2.75, 3.05) is 4.72 Å². The van der Waals surface area contributed by atoms with E-state index >= 15 is 0 Å². The highest BCUT2D eigenvalue weighted by Crippen LogP contribution is 2.18. The smallest absolute Gasteiger partial charge is 0.256 e. The van der Waals surface area contributed by atoms with E-state index < -0.39 is 10.0 Å². The van der Waals surface area contributed by atoms with Crippen molar-refractivity contribution < 1.29 is 8.42 Å². The van der Waals surface area contributed by atoms with E-state index in [0.717, 1.165) is 22.3 Å². The van der Waals surface area contributed by atoms with Crippen LogP contribution in [0, 0.1) is 20.8 Å². The summed E-state index contributed by atoms with van der Waals surface area (Å²) in [7, 11) is -3.57. The number of rotatable bonds is 4. The molecule has 0 unspecified atom stereocenters. The van der Waals surface area contributed by atoms with Gasteiger partial charge in [-0.1, -0.05) is 23.8 Å². The lowest BCUT2D eigenvalue weighted by molar-refractivity contribution is 0.609. The predicted molar refractivity (Wildman–Crippen MR) is 86.5 cm³/mol. The highest BCUT2D eigenvalue weighted by atomic mass is 32.2. The fourth-order valence-corrected chi connectivity index (χ4v) is 3.01. The lowest BCUT2D eigenvalue weighted by atomic mass is 10.0. The Labute approximate surface area is 125 Å². The Bertz CT molecular complexity index is 743. The van der Waals surface area contributed by atoms with E-state index in [4.69, 9.17) is 0 Å². The molecule has 1 heterocycles. The van der Waals surface area contributed by atoms with E-state index in [-0.39, 0.29) is 0 Å². The predicted octanol–water partition coefficient (Wildman–Crippen LogP) is 3.42. The molecule has 2 aromatic rings. The first-order valence-electron chi connectivity index (χ1n) is 6.57. The van der Waals surface area contributed by atoms with Crippen LogP contribution in [0.3, 0.4) is 0 Å². The Morgan fingerprint density at radius 3 is 2.33 bits per heavy atom. The van der Waals surface area contributed by atoms with E-state index in [1.54, 1.807) is 24.3 Å². The molecule has 0 aliphatic rings. The van der Waals surface area contributed by atoms with Crippen LogP contribution in [0.1, 0.15) is 22.3 Å². The van der Waals surface area contributed by atoms with Crippen molar-refractivity contribution >= 4 is 21.9 Å². The van der Waals surface area contributed by atoms with Gasteiger partial charge in [-0.15, -0.1) is 0 Å². The lowest BCUT2D eigenvalue weighted by Crippen LogP contribution is -2.09. The van der Waals surface area contributed by atoms with Gasteiger partial charge in [-0.25, -0.2) is 13.4 Å². The Kier molecular flexibility index (Phi) is 4.43. The van der Waals surface area contributed by atoms with E-state index in [2.05, 4.69) is 9.71 Å². The molecular weight excluding hydrogens is 284 g/mol. The zero-order valence-corrected chi connectivity index (χ0v) is 13.1. The maximum Gasteiger partial charge on any atom is 0.256 e. The molecule has 1 N–H and O–H groups in total. The molecule has 5 heteroatoms. The first kappa shape index (κ1) is 15.3. The molecule has 0 amide bonds. The van der Waals surface area contributed by atoms with Gasteiger partial charge in [-0.05, 0) is 55.7 Å². The molecule has 0 spiro atoms. The van der Waals surface area contributed by atoms with Gasteiger partial charge in [0.15, 0.2) is 0 Å². The first-order valence-corrected chi connectivity index (χ1v) is 8.12. The molecule has 1 aromatic carbocycles. The van der Waals surface area contributed by atoms with Crippen LogP contribution in [-0.2, 0) is 10.0 Å². The highest BCUT2D eigenvalue weighted by molar-refractivity contribution is 7.95. The monoisotopic (exact) mass is 302 g/mol. The Morgan fingerprint density at radius 2 is 1.76 bits per heavy atom. The van der Waals surface area contributed by atoms with Crippen molar-refractivity contribution in [3.05, 3.63) is 64.2 Å². The van der Waals surface area contributed by atoms with Crippen LogP contribution < -0.4 is 4.72 Å². The molecule has 0 atom stereocenters. The van der Waals surface area contributed by atoms with Gasteiger partial charge in [-0.3, -0.25) is 4.72 Å². The fraction of sp³-hybridized carbons (Fsp3) is 0.188. The summed E-state index contributed by atoms with van der Waals surface area (Å²) in [5.74, 6) is 0.305. The molecule has 0 aliphatic carbocycles. The maximum atomic E-state index is 12.0. The van der Waals surface area contributed by atoms with Gasteiger partial charge in [0.05, 0.1) is 5.41 Å². The van der Waals surface area contributed by atoms with Crippen LogP contribution in [0.5, 0.6) is 0 Å². The van der Waals surface area contributed by atoms with Crippen LogP contribution in [0.4, 0.5) is 5.82 Å². The van der Waals surface area contributed by atoms with E-state index in [0.29, 0.717) is 5.82 Å². The van der Waals surface area contributed by atoms with Gasteiger partial charge in [0, 0.05) is 6.20 Å². The third-order valence-electron chi connectivity index (χ3n) is 3.06. The van der Waals surface area contributed by atoms with Crippen molar-refractivity contribution in [1.82, 2.24) is 4.98 Å². The second-order valence-corrected chi connectivity index (χ2v) is 6.54. The zero-order chi connectivity index (χ0) is 15.5. The van der Waals surface area contributed by atoms with Gasteiger partial charge in [0.25, 0.3) is 10.0 Å². The summed E-state index contributed by atoms with van der Waals surface area (Å²) in [4.78, 5) is 3.94. The summed E-state index contributed by atoms with van der Waals surface area (Å²) < 4.78 is 26.5. The van der Waals surface area contributed by atoms with Crippen molar-refractivity contribution in [2.45, 2.75) is 20.8 Å². The Morgan fingerprint density at radius 1 is 1.10 bits per heavy atom. The molecule has 0 aliphatic heterocycles. The Hall–Kier alpha value is -2.14. The topological polar surface area (TPSA) is 59.1 Å². The molecule has 0 radical (unpaired) electrons. The maximum absolute atomic E-state index is 12.0. The number of aryl methyl sites for hydroxylation is 3. The molecule has 2 rings (SSSR count). The summed E-state index contributed by atoms with van der Waals surface area (Å²) in [5.41, 5.74) is 4.19. The molecule has 110 valence electrons. The van der Waals surface area contributed by atoms with Crippen molar-refractivity contribution in [3.8, 4) is 0 Å². The number of aromatic nitrogens is 1. The lowest BCUT2D eigenvalue weighted by Gasteiger charge is -2.07. The number of nitrogens with one attached hydrogen (secondary N) is 1. The standard InChI is InChI=1S/C16H18N2O2S/c1-12-10-13(2)15(14(3)11-12)7-9-21(19,20)18-16-6-4-5-8-17-16/h4-11H,1-3H3,(H,17,18)/b9-7+. The highest BCUT2D eigenvalue weighted by Gasteiger charge is 2.07. The minimum atomic E-state index is -3.57. The number of pyridine rings is 1. The third kappa shape index (κ3) is 4.16. The summed E-state index contributed by atoms with van der Waals surface area (Å²) >= 11 is 0. The fourth-order valence-electron chi connectivity index (χ4n) is 2.21. The largest absolute Gasteiger partial charge is 0.264 e. The first-order chi connectivity index (χ1) is 9.87. The van der Waals surface area contributed by atoms with E-state index in [1.165, 1.54) is 11.6 Å². The third-order valence-corrected chi connectivity index (χ3v) is 4.05.